The van der Waals surface area contributed by atoms with Crippen LogP contribution in [0.1, 0.15) is 32.3 Å². The number of halogens is 1. The van der Waals surface area contributed by atoms with Gasteiger partial charge in [0.25, 0.3) is 5.91 Å². The summed E-state index contributed by atoms with van der Waals surface area (Å²) in [5, 5.41) is 5.09. The Morgan fingerprint density at radius 1 is 1.19 bits per heavy atom. The topological polar surface area (TPSA) is 55.1 Å². The van der Waals surface area contributed by atoms with Gasteiger partial charge in [0.15, 0.2) is 10.9 Å². The van der Waals surface area contributed by atoms with Crippen molar-refractivity contribution < 1.29 is 9.21 Å². The number of rotatable bonds is 4. The van der Waals surface area contributed by atoms with E-state index in [2.05, 4.69) is 10.3 Å². The predicted octanol–water partition coefficient (Wildman–Crippen LogP) is 6.00. The second-order valence-electron chi connectivity index (χ2n) is 6.34. The molecule has 0 fully saturated rings. The molecule has 0 aliphatic rings. The number of amides is 1. The van der Waals surface area contributed by atoms with Gasteiger partial charge in [-0.2, -0.15) is 0 Å². The molecule has 0 spiro atoms. The molecular weight excluding hydrogens is 380 g/mol. The maximum Gasteiger partial charge on any atom is 0.293 e. The molecule has 2 heterocycles. The highest BCUT2D eigenvalue weighted by atomic mass is 35.5. The quantitative estimate of drug-likeness (QED) is 0.460. The number of benzene rings is 2. The van der Waals surface area contributed by atoms with E-state index in [-0.39, 0.29) is 5.91 Å². The molecule has 2 aromatic carbocycles. The molecule has 1 amide bonds. The highest BCUT2D eigenvalue weighted by molar-refractivity contribution is 7.15. The Morgan fingerprint density at radius 3 is 2.78 bits per heavy atom. The number of hydrogen-bond acceptors (Lipinski definition) is 4. The van der Waals surface area contributed by atoms with Crippen LogP contribution < -0.4 is 5.32 Å². The minimum absolute atomic E-state index is 0.285. The van der Waals surface area contributed by atoms with Crippen LogP contribution in [0, 0.1) is 13.8 Å². The molecule has 0 radical (unpaired) electrons. The van der Waals surface area contributed by atoms with Gasteiger partial charge in [0.2, 0.25) is 0 Å². The first-order valence-corrected chi connectivity index (χ1v) is 9.71. The summed E-state index contributed by atoms with van der Waals surface area (Å²) in [5.41, 5.74) is 3.55. The maximum absolute atomic E-state index is 12.7. The Bertz CT molecular complexity index is 1150. The first-order chi connectivity index (χ1) is 13.0. The Labute approximate surface area is 165 Å². The minimum Gasteiger partial charge on any atom is -0.451 e. The number of anilines is 1. The molecule has 4 aromatic rings. The number of fused-ring (bicyclic) bond motifs is 1. The van der Waals surface area contributed by atoms with Crippen molar-refractivity contribution >= 4 is 44.9 Å². The largest absolute Gasteiger partial charge is 0.451 e. The van der Waals surface area contributed by atoms with Gasteiger partial charge < -0.3 is 4.42 Å². The molecule has 0 saturated heterocycles. The highest BCUT2D eigenvalue weighted by Gasteiger charge is 2.19. The number of nitrogens with one attached hydrogen (secondary N) is 1. The van der Waals surface area contributed by atoms with Crippen LogP contribution in [0.5, 0.6) is 0 Å². The van der Waals surface area contributed by atoms with Crippen LogP contribution in [0.3, 0.4) is 0 Å². The van der Waals surface area contributed by atoms with Crippen LogP contribution in [0.25, 0.3) is 11.0 Å². The van der Waals surface area contributed by atoms with E-state index in [1.165, 1.54) is 11.3 Å². The number of thiazole rings is 1. The van der Waals surface area contributed by atoms with Gasteiger partial charge in [0.1, 0.15) is 5.58 Å². The zero-order valence-electron chi connectivity index (χ0n) is 14.9. The molecule has 4 nitrogen and oxygen atoms in total. The van der Waals surface area contributed by atoms with Crippen molar-refractivity contribution in [1.29, 1.82) is 0 Å². The van der Waals surface area contributed by atoms with Crippen molar-refractivity contribution in [2.45, 2.75) is 20.3 Å². The summed E-state index contributed by atoms with van der Waals surface area (Å²) in [6.07, 6.45) is 0.726. The summed E-state index contributed by atoms with van der Waals surface area (Å²) >= 11 is 7.53. The lowest BCUT2D eigenvalue weighted by Gasteiger charge is -2.00. The molecule has 0 saturated carbocycles. The van der Waals surface area contributed by atoms with E-state index in [0.29, 0.717) is 21.5 Å². The van der Waals surface area contributed by atoms with Crippen molar-refractivity contribution in [2.24, 2.45) is 0 Å². The third-order valence-electron chi connectivity index (χ3n) is 4.42. The number of aromatic nitrogens is 1. The van der Waals surface area contributed by atoms with Crippen molar-refractivity contribution in [2.75, 3.05) is 5.32 Å². The molecule has 27 heavy (non-hydrogen) atoms. The lowest BCUT2D eigenvalue weighted by atomic mass is 10.1. The average molecular weight is 397 g/mol. The van der Waals surface area contributed by atoms with Crippen LogP contribution in [-0.4, -0.2) is 10.9 Å². The molecule has 0 atom stereocenters. The summed E-state index contributed by atoms with van der Waals surface area (Å²) in [6, 6.07) is 15.4. The molecule has 1 N–H and O–H groups in total. The van der Waals surface area contributed by atoms with E-state index < -0.39 is 0 Å². The fraction of sp³-hybridized carbons (Fsp3) is 0.143. The van der Waals surface area contributed by atoms with Crippen LogP contribution in [0.4, 0.5) is 5.13 Å². The molecule has 0 unspecified atom stereocenters. The predicted molar refractivity (Wildman–Crippen MR) is 110 cm³/mol. The smallest absolute Gasteiger partial charge is 0.293 e. The molecular formula is C21H17ClN2O2S. The van der Waals surface area contributed by atoms with Gasteiger partial charge in [-0.05, 0) is 37.6 Å². The van der Waals surface area contributed by atoms with Crippen molar-refractivity contribution in [3.8, 4) is 0 Å². The van der Waals surface area contributed by atoms with E-state index in [1.807, 2.05) is 62.4 Å². The van der Waals surface area contributed by atoms with E-state index in [9.17, 15) is 4.79 Å². The van der Waals surface area contributed by atoms with Crippen molar-refractivity contribution in [1.82, 2.24) is 4.98 Å². The van der Waals surface area contributed by atoms with Gasteiger partial charge in [0.05, 0.1) is 5.69 Å². The van der Waals surface area contributed by atoms with E-state index in [1.54, 1.807) is 0 Å². The highest BCUT2D eigenvalue weighted by Crippen LogP contribution is 2.29. The average Bonchev–Trinajstić information content (AvgIpc) is 3.15. The summed E-state index contributed by atoms with van der Waals surface area (Å²) < 4.78 is 5.73. The standard InChI is InChI=1S/C21H17ClN2O2S/c1-12-16-8-3-4-9-17(16)26-19(12)20(25)24-21-23-13(2)18(27-21)11-14-6-5-7-15(22)10-14/h3-10H,11H2,1-2H3,(H,23,24,25). The van der Waals surface area contributed by atoms with Crippen molar-refractivity contribution in [3.05, 3.63) is 81.0 Å². The van der Waals surface area contributed by atoms with Gasteiger partial charge in [0, 0.05) is 27.3 Å². The Kier molecular flexibility index (Phi) is 4.72. The minimum atomic E-state index is -0.285. The number of carbonyl (C=O) groups excluding carboxylic acids is 1. The van der Waals surface area contributed by atoms with Crippen LogP contribution in [0.2, 0.25) is 5.02 Å². The number of carbonyl (C=O) groups is 1. The van der Waals surface area contributed by atoms with Crippen molar-refractivity contribution in [3.63, 3.8) is 0 Å². The number of aryl methyl sites for hydroxylation is 2. The number of nitrogens with zero attached hydrogens (tertiary/aromatic N) is 1. The van der Waals surface area contributed by atoms with E-state index >= 15 is 0 Å². The SMILES string of the molecule is Cc1nc(NC(=O)c2oc3ccccc3c2C)sc1Cc1cccc(Cl)c1. The first-order valence-electron chi connectivity index (χ1n) is 8.51. The number of para-hydroxylation sites is 1. The molecule has 0 aliphatic carbocycles. The van der Waals surface area contributed by atoms with Gasteiger partial charge in [-0.3, -0.25) is 10.1 Å². The summed E-state index contributed by atoms with van der Waals surface area (Å²) in [6.45, 7) is 3.83. The maximum atomic E-state index is 12.7. The monoisotopic (exact) mass is 396 g/mol. The normalized spacial score (nSPS) is 11.1. The summed E-state index contributed by atoms with van der Waals surface area (Å²) in [4.78, 5) is 18.3. The molecule has 6 heteroatoms. The number of furan rings is 1. The van der Waals surface area contributed by atoms with Gasteiger partial charge in [-0.1, -0.05) is 41.9 Å². The zero-order chi connectivity index (χ0) is 19.0. The Morgan fingerprint density at radius 2 is 2.00 bits per heavy atom. The molecule has 0 aliphatic heterocycles. The Balaban J connectivity index is 1.56. The second kappa shape index (κ2) is 7.18. The molecule has 136 valence electrons. The second-order valence-corrected chi connectivity index (χ2v) is 7.86. The fourth-order valence-electron chi connectivity index (χ4n) is 3.02. The molecule has 4 rings (SSSR count). The lowest BCUT2D eigenvalue weighted by molar-refractivity contribution is 0.0998. The lowest BCUT2D eigenvalue weighted by Crippen LogP contribution is -2.11. The third kappa shape index (κ3) is 3.61. The van der Waals surface area contributed by atoms with Gasteiger partial charge in [-0.15, -0.1) is 11.3 Å². The summed E-state index contributed by atoms with van der Waals surface area (Å²) in [7, 11) is 0. The number of hydrogen-bond donors (Lipinski definition) is 1. The molecule has 2 aromatic heterocycles. The van der Waals surface area contributed by atoms with E-state index in [0.717, 1.165) is 33.5 Å². The van der Waals surface area contributed by atoms with Crippen LogP contribution >= 0.6 is 22.9 Å². The molecule has 0 bridgehead atoms. The third-order valence-corrected chi connectivity index (χ3v) is 5.72. The van der Waals surface area contributed by atoms with Crippen LogP contribution in [0.15, 0.2) is 52.9 Å². The summed E-state index contributed by atoms with van der Waals surface area (Å²) in [5.74, 6) is 0.0344. The zero-order valence-corrected chi connectivity index (χ0v) is 16.4. The van der Waals surface area contributed by atoms with Gasteiger partial charge in [-0.25, -0.2) is 4.98 Å². The van der Waals surface area contributed by atoms with Crippen LogP contribution in [-0.2, 0) is 6.42 Å². The fourth-order valence-corrected chi connectivity index (χ4v) is 4.23. The van der Waals surface area contributed by atoms with Gasteiger partial charge >= 0.3 is 0 Å². The van der Waals surface area contributed by atoms with E-state index in [4.69, 9.17) is 16.0 Å². The Hall–Kier alpha value is -2.63. The first kappa shape index (κ1) is 17.8.